The average molecular weight is 267 g/mol. The Morgan fingerprint density at radius 2 is 1.78 bits per heavy atom. The number of nitrogens with one attached hydrogen (secondary N) is 1. The molecule has 1 N–H and O–H groups in total. The molecule has 1 rings (SSSR count). The fourth-order valence-electron chi connectivity index (χ4n) is 1.44. The lowest BCUT2D eigenvalue weighted by Crippen LogP contribution is -2.19. The number of hydrogen-bond acceptors (Lipinski definition) is 4. The topological polar surface area (TPSA) is 37.8 Å². The van der Waals surface area contributed by atoms with Gasteiger partial charge in [0.05, 0.1) is 5.75 Å². The molecular weight excluding hydrogens is 242 g/mol. The largest absolute Gasteiger partial charge is 0.312 e. The molecule has 1 heterocycles. The van der Waals surface area contributed by atoms with Gasteiger partial charge in [0, 0.05) is 24.5 Å². The highest BCUT2D eigenvalue weighted by Gasteiger charge is 2.00. The van der Waals surface area contributed by atoms with E-state index in [2.05, 4.69) is 43.0 Å². The summed E-state index contributed by atoms with van der Waals surface area (Å²) in [4.78, 5) is 8.80. The van der Waals surface area contributed by atoms with E-state index < -0.39 is 0 Å². The molecule has 0 fully saturated rings. The molecule has 0 amide bonds. The summed E-state index contributed by atoms with van der Waals surface area (Å²) in [5, 5.41) is 3.39. The summed E-state index contributed by atoms with van der Waals surface area (Å²) in [5.74, 6) is 4.43. The standard InChI is InChI=1S/C14H25N3S/c1-11(2)5-15-6-13-7-16-14(17-8-13)10-18-9-12(3)4/h7-8,11-12,15H,5-6,9-10H2,1-4H3. The number of nitrogens with zero attached hydrogens (tertiary/aromatic N) is 2. The van der Waals surface area contributed by atoms with Gasteiger partial charge in [-0.1, -0.05) is 27.7 Å². The highest BCUT2D eigenvalue weighted by atomic mass is 32.2. The van der Waals surface area contributed by atoms with Gasteiger partial charge in [-0.15, -0.1) is 0 Å². The SMILES string of the molecule is CC(C)CNCc1cnc(CSCC(C)C)nc1. The normalized spacial score (nSPS) is 11.4. The van der Waals surface area contributed by atoms with E-state index in [0.29, 0.717) is 5.92 Å². The van der Waals surface area contributed by atoms with Gasteiger partial charge in [0.1, 0.15) is 5.82 Å². The van der Waals surface area contributed by atoms with Gasteiger partial charge in [0.2, 0.25) is 0 Å². The lowest BCUT2D eigenvalue weighted by molar-refractivity contribution is 0.551. The molecule has 4 heteroatoms. The number of aromatic nitrogens is 2. The van der Waals surface area contributed by atoms with Crippen LogP contribution < -0.4 is 5.32 Å². The minimum Gasteiger partial charge on any atom is -0.312 e. The van der Waals surface area contributed by atoms with E-state index >= 15 is 0 Å². The van der Waals surface area contributed by atoms with Crippen molar-refractivity contribution in [2.24, 2.45) is 11.8 Å². The fourth-order valence-corrected chi connectivity index (χ4v) is 2.36. The molecule has 0 aliphatic carbocycles. The van der Waals surface area contributed by atoms with Crippen molar-refractivity contribution < 1.29 is 0 Å². The zero-order chi connectivity index (χ0) is 13.4. The Bertz CT molecular complexity index is 289. The lowest BCUT2D eigenvalue weighted by Gasteiger charge is -2.07. The van der Waals surface area contributed by atoms with Crippen LogP contribution in [-0.2, 0) is 12.3 Å². The quantitative estimate of drug-likeness (QED) is 0.785. The third-order valence-electron chi connectivity index (χ3n) is 2.32. The summed E-state index contributed by atoms with van der Waals surface area (Å²) in [6, 6.07) is 0. The van der Waals surface area contributed by atoms with Crippen molar-refractivity contribution >= 4 is 11.8 Å². The summed E-state index contributed by atoms with van der Waals surface area (Å²) in [5.41, 5.74) is 1.16. The molecule has 18 heavy (non-hydrogen) atoms. The molecule has 0 aromatic carbocycles. The first-order valence-electron chi connectivity index (χ1n) is 6.66. The third-order valence-corrected chi connectivity index (χ3v) is 3.69. The molecule has 1 aromatic heterocycles. The summed E-state index contributed by atoms with van der Waals surface area (Å²) >= 11 is 1.90. The molecule has 0 radical (unpaired) electrons. The Labute approximate surface area is 115 Å². The van der Waals surface area contributed by atoms with Crippen LogP contribution in [0, 0.1) is 11.8 Å². The Morgan fingerprint density at radius 3 is 2.33 bits per heavy atom. The van der Waals surface area contributed by atoms with E-state index in [-0.39, 0.29) is 0 Å². The smallest absolute Gasteiger partial charge is 0.138 e. The second-order valence-electron chi connectivity index (χ2n) is 5.44. The maximum atomic E-state index is 4.40. The van der Waals surface area contributed by atoms with Gasteiger partial charge < -0.3 is 5.32 Å². The Morgan fingerprint density at radius 1 is 1.11 bits per heavy atom. The van der Waals surface area contributed by atoms with Gasteiger partial charge in [0.15, 0.2) is 0 Å². The molecule has 0 spiro atoms. The van der Waals surface area contributed by atoms with Crippen LogP contribution in [0.2, 0.25) is 0 Å². The van der Waals surface area contributed by atoms with Crippen LogP contribution in [0.25, 0.3) is 0 Å². The number of hydrogen-bond donors (Lipinski definition) is 1. The highest BCUT2D eigenvalue weighted by molar-refractivity contribution is 7.98. The molecule has 0 saturated heterocycles. The molecule has 0 bridgehead atoms. The molecule has 1 aromatic rings. The first-order chi connectivity index (χ1) is 8.58. The van der Waals surface area contributed by atoms with E-state index in [1.54, 1.807) is 0 Å². The monoisotopic (exact) mass is 267 g/mol. The molecule has 0 aliphatic heterocycles. The van der Waals surface area contributed by atoms with Gasteiger partial charge in [-0.25, -0.2) is 9.97 Å². The van der Waals surface area contributed by atoms with Crippen LogP contribution in [0.5, 0.6) is 0 Å². The van der Waals surface area contributed by atoms with E-state index in [4.69, 9.17) is 0 Å². The van der Waals surface area contributed by atoms with Crippen LogP contribution in [0.4, 0.5) is 0 Å². The zero-order valence-electron chi connectivity index (χ0n) is 11.9. The Hall–Kier alpha value is -0.610. The van der Waals surface area contributed by atoms with Crippen molar-refractivity contribution in [3.8, 4) is 0 Å². The van der Waals surface area contributed by atoms with Gasteiger partial charge in [-0.3, -0.25) is 0 Å². The summed E-state index contributed by atoms with van der Waals surface area (Å²) in [6.45, 7) is 10.8. The van der Waals surface area contributed by atoms with Crippen LogP contribution in [-0.4, -0.2) is 22.3 Å². The summed E-state index contributed by atoms with van der Waals surface area (Å²) in [7, 11) is 0. The van der Waals surface area contributed by atoms with Crippen molar-refractivity contribution in [3.05, 3.63) is 23.8 Å². The second-order valence-corrected chi connectivity index (χ2v) is 6.47. The van der Waals surface area contributed by atoms with Crippen LogP contribution in [0.1, 0.15) is 39.1 Å². The van der Waals surface area contributed by atoms with E-state index in [1.165, 1.54) is 5.75 Å². The van der Waals surface area contributed by atoms with E-state index in [1.807, 2.05) is 24.2 Å². The van der Waals surface area contributed by atoms with Crippen LogP contribution >= 0.6 is 11.8 Å². The van der Waals surface area contributed by atoms with Gasteiger partial charge in [-0.2, -0.15) is 11.8 Å². The Balaban J connectivity index is 2.28. The zero-order valence-corrected chi connectivity index (χ0v) is 12.8. The minimum absolute atomic E-state index is 0.678. The van der Waals surface area contributed by atoms with Crippen molar-refractivity contribution in [1.29, 1.82) is 0 Å². The molecule has 0 saturated carbocycles. The van der Waals surface area contributed by atoms with E-state index in [0.717, 1.165) is 36.1 Å². The number of thioether (sulfide) groups is 1. The van der Waals surface area contributed by atoms with Crippen molar-refractivity contribution in [2.75, 3.05) is 12.3 Å². The van der Waals surface area contributed by atoms with Gasteiger partial charge in [0.25, 0.3) is 0 Å². The molecule has 0 atom stereocenters. The summed E-state index contributed by atoms with van der Waals surface area (Å²) < 4.78 is 0. The second kappa shape index (κ2) is 8.48. The maximum absolute atomic E-state index is 4.40. The van der Waals surface area contributed by atoms with E-state index in [9.17, 15) is 0 Å². The van der Waals surface area contributed by atoms with Gasteiger partial charge in [-0.05, 0) is 24.1 Å². The maximum Gasteiger partial charge on any atom is 0.138 e. The molecule has 3 nitrogen and oxygen atoms in total. The van der Waals surface area contributed by atoms with Crippen LogP contribution in [0.3, 0.4) is 0 Å². The minimum atomic E-state index is 0.678. The highest BCUT2D eigenvalue weighted by Crippen LogP contribution is 2.12. The summed E-state index contributed by atoms with van der Waals surface area (Å²) in [6.07, 6.45) is 3.87. The third kappa shape index (κ3) is 6.97. The fraction of sp³-hybridized carbons (Fsp3) is 0.714. The first kappa shape index (κ1) is 15.4. The first-order valence-corrected chi connectivity index (χ1v) is 7.81. The van der Waals surface area contributed by atoms with Crippen LogP contribution in [0.15, 0.2) is 12.4 Å². The van der Waals surface area contributed by atoms with Crippen molar-refractivity contribution in [3.63, 3.8) is 0 Å². The van der Waals surface area contributed by atoms with Crippen molar-refractivity contribution in [1.82, 2.24) is 15.3 Å². The predicted octanol–water partition coefficient (Wildman–Crippen LogP) is 3.11. The number of rotatable bonds is 8. The molecular formula is C14H25N3S. The van der Waals surface area contributed by atoms with Gasteiger partial charge >= 0.3 is 0 Å². The molecule has 0 aliphatic rings. The molecule has 102 valence electrons. The average Bonchev–Trinajstić information content (AvgIpc) is 2.30. The predicted molar refractivity (Wildman–Crippen MR) is 79.6 cm³/mol. The van der Waals surface area contributed by atoms with Crippen molar-refractivity contribution in [2.45, 2.75) is 40.0 Å². The molecule has 0 unspecified atom stereocenters. The lowest BCUT2D eigenvalue weighted by atomic mass is 10.2. The Kier molecular flexibility index (Phi) is 7.28.